The second-order valence-corrected chi connectivity index (χ2v) is 6.45. The van der Waals surface area contributed by atoms with Gasteiger partial charge in [-0.2, -0.15) is 0 Å². The monoisotopic (exact) mass is 227 g/mol. The number of aliphatic hydroxyl groups is 1. The lowest BCUT2D eigenvalue weighted by Gasteiger charge is -2.39. The number of piperidine rings is 1. The molecule has 2 aliphatic heterocycles. The average Bonchev–Trinajstić information content (AvgIpc) is 2.35. The van der Waals surface area contributed by atoms with Crippen molar-refractivity contribution in [2.45, 2.75) is 70.3 Å². The van der Waals surface area contributed by atoms with E-state index in [0.29, 0.717) is 6.04 Å². The van der Waals surface area contributed by atoms with Crippen molar-refractivity contribution < 1.29 is 9.84 Å². The van der Waals surface area contributed by atoms with Crippen LogP contribution in [0.1, 0.15) is 47.0 Å². The number of likely N-dealkylation sites (tertiary alicyclic amines) is 1. The van der Waals surface area contributed by atoms with Crippen LogP contribution in [-0.4, -0.2) is 46.4 Å². The normalized spacial score (nSPS) is 35.4. The van der Waals surface area contributed by atoms with Gasteiger partial charge in [0.15, 0.2) is 0 Å². The first-order valence-corrected chi connectivity index (χ1v) is 6.42. The molecule has 0 aromatic heterocycles. The molecule has 1 atom stereocenters. The number of aliphatic hydroxyl groups excluding tert-OH is 1. The molecule has 0 amide bonds. The molecule has 2 heterocycles. The van der Waals surface area contributed by atoms with Gasteiger partial charge in [-0.1, -0.05) is 0 Å². The van der Waals surface area contributed by atoms with E-state index in [-0.39, 0.29) is 17.3 Å². The van der Waals surface area contributed by atoms with Gasteiger partial charge in [0.05, 0.1) is 17.3 Å². The highest BCUT2D eigenvalue weighted by molar-refractivity contribution is 5.00. The molecule has 0 bridgehead atoms. The lowest BCUT2D eigenvalue weighted by molar-refractivity contribution is -0.0843. The third-order valence-corrected chi connectivity index (χ3v) is 3.97. The predicted molar refractivity (Wildman–Crippen MR) is 64.5 cm³/mol. The van der Waals surface area contributed by atoms with E-state index in [1.807, 2.05) is 0 Å². The van der Waals surface area contributed by atoms with Gasteiger partial charge in [-0.25, -0.2) is 0 Å². The molecule has 0 aromatic carbocycles. The van der Waals surface area contributed by atoms with Crippen LogP contribution in [0, 0.1) is 0 Å². The quantitative estimate of drug-likeness (QED) is 0.741. The number of hydrogen-bond acceptors (Lipinski definition) is 3. The summed E-state index contributed by atoms with van der Waals surface area (Å²) in [5.41, 5.74) is -0.0734. The van der Waals surface area contributed by atoms with E-state index in [0.717, 1.165) is 32.4 Å². The van der Waals surface area contributed by atoms with Crippen LogP contribution in [0.3, 0.4) is 0 Å². The van der Waals surface area contributed by atoms with Crippen LogP contribution in [0.5, 0.6) is 0 Å². The smallest absolute Gasteiger partial charge is 0.0789 e. The van der Waals surface area contributed by atoms with E-state index >= 15 is 0 Å². The lowest BCUT2D eigenvalue weighted by atomic mass is 9.91. The Morgan fingerprint density at radius 1 is 1.12 bits per heavy atom. The molecule has 2 saturated heterocycles. The number of ether oxygens (including phenoxy) is 1. The molecule has 0 aliphatic carbocycles. The van der Waals surface area contributed by atoms with Crippen LogP contribution in [0.15, 0.2) is 0 Å². The van der Waals surface area contributed by atoms with Crippen LogP contribution in [0.4, 0.5) is 0 Å². The third kappa shape index (κ3) is 2.41. The fourth-order valence-electron chi connectivity index (χ4n) is 3.30. The molecule has 0 saturated carbocycles. The van der Waals surface area contributed by atoms with Crippen LogP contribution in [0.25, 0.3) is 0 Å². The van der Waals surface area contributed by atoms with E-state index < -0.39 is 0 Å². The maximum absolute atomic E-state index is 9.54. The van der Waals surface area contributed by atoms with Gasteiger partial charge in [-0.3, -0.25) is 4.90 Å². The van der Waals surface area contributed by atoms with Gasteiger partial charge in [0, 0.05) is 19.1 Å². The molecule has 0 spiro atoms. The summed E-state index contributed by atoms with van der Waals surface area (Å²) in [5, 5.41) is 9.54. The van der Waals surface area contributed by atoms with Gasteiger partial charge in [0.25, 0.3) is 0 Å². The van der Waals surface area contributed by atoms with Crippen molar-refractivity contribution in [3.8, 4) is 0 Å². The summed E-state index contributed by atoms with van der Waals surface area (Å²) >= 11 is 0. The zero-order chi connectivity index (χ0) is 12.0. The number of hydrogen-bond donors (Lipinski definition) is 1. The summed E-state index contributed by atoms with van der Waals surface area (Å²) in [7, 11) is 0. The van der Waals surface area contributed by atoms with Gasteiger partial charge in [0.1, 0.15) is 0 Å². The fraction of sp³-hybridized carbons (Fsp3) is 1.00. The first-order valence-electron chi connectivity index (χ1n) is 6.42. The summed E-state index contributed by atoms with van der Waals surface area (Å²) in [5.74, 6) is 0. The summed E-state index contributed by atoms with van der Waals surface area (Å²) in [4.78, 5) is 2.50. The zero-order valence-corrected chi connectivity index (χ0v) is 11.0. The van der Waals surface area contributed by atoms with Crippen LogP contribution < -0.4 is 0 Å². The largest absolute Gasteiger partial charge is 0.393 e. The van der Waals surface area contributed by atoms with Crippen molar-refractivity contribution >= 4 is 0 Å². The lowest BCUT2D eigenvalue weighted by Crippen LogP contribution is -2.50. The SMILES string of the molecule is CC1(C)CC(N2CCC(O)CC2)C(C)(C)O1. The Morgan fingerprint density at radius 3 is 2.12 bits per heavy atom. The molecular weight excluding hydrogens is 202 g/mol. The molecule has 1 unspecified atom stereocenters. The highest BCUT2D eigenvalue weighted by Gasteiger charge is 2.48. The third-order valence-electron chi connectivity index (χ3n) is 3.97. The Hall–Kier alpha value is -0.120. The van der Waals surface area contributed by atoms with Crippen molar-refractivity contribution in [1.29, 1.82) is 0 Å². The molecular formula is C13H25NO2. The number of nitrogens with zero attached hydrogens (tertiary/aromatic N) is 1. The molecule has 2 aliphatic rings. The molecule has 2 rings (SSSR count). The summed E-state index contributed by atoms with van der Waals surface area (Å²) in [6.45, 7) is 10.7. The maximum Gasteiger partial charge on any atom is 0.0789 e. The second kappa shape index (κ2) is 3.97. The molecule has 0 radical (unpaired) electrons. The molecule has 3 heteroatoms. The fourth-order valence-corrected chi connectivity index (χ4v) is 3.30. The van der Waals surface area contributed by atoms with Crippen LogP contribution in [0.2, 0.25) is 0 Å². The highest BCUT2D eigenvalue weighted by Crippen LogP contribution is 2.40. The number of rotatable bonds is 1. The van der Waals surface area contributed by atoms with Gasteiger partial charge < -0.3 is 9.84 Å². The van der Waals surface area contributed by atoms with Crippen molar-refractivity contribution in [2.75, 3.05) is 13.1 Å². The molecule has 1 N–H and O–H groups in total. The Labute approximate surface area is 98.8 Å². The molecule has 16 heavy (non-hydrogen) atoms. The van der Waals surface area contributed by atoms with Crippen molar-refractivity contribution in [3.63, 3.8) is 0 Å². The Kier molecular flexibility index (Phi) is 3.06. The van der Waals surface area contributed by atoms with E-state index in [9.17, 15) is 5.11 Å². The molecule has 2 fully saturated rings. The molecule has 3 nitrogen and oxygen atoms in total. The van der Waals surface area contributed by atoms with Gasteiger partial charge >= 0.3 is 0 Å². The minimum Gasteiger partial charge on any atom is -0.393 e. The van der Waals surface area contributed by atoms with E-state index in [2.05, 4.69) is 32.6 Å². The Bertz CT molecular complexity index is 255. The van der Waals surface area contributed by atoms with Gasteiger partial charge in [-0.15, -0.1) is 0 Å². The summed E-state index contributed by atoms with van der Waals surface area (Å²) < 4.78 is 6.12. The van der Waals surface area contributed by atoms with E-state index in [1.165, 1.54) is 0 Å². The van der Waals surface area contributed by atoms with Gasteiger partial charge in [0.2, 0.25) is 0 Å². The Balaban J connectivity index is 2.04. The summed E-state index contributed by atoms with van der Waals surface area (Å²) in [6, 6.07) is 0.495. The first-order chi connectivity index (χ1) is 7.30. The second-order valence-electron chi connectivity index (χ2n) is 6.45. The first kappa shape index (κ1) is 12.3. The topological polar surface area (TPSA) is 32.7 Å². The highest BCUT2D eigenvalue weighted by atomic mass is 16.5. The average molecular weight is 227 g/mol. The van der Waals surface area contributed by atoms with E-state index in [1.54, 1.807) is 0 Å². The van der Waals surface area contributed by atoms with Crippen LogP contribution >= 0.6 is 0 Å². The standard InChI is InChI=1S/C13H25NO2/c1-12(2)9-11(13(3,4)16-12)14-7-5-10(15)6-8-14/h10-11,15H,5-9H2,1-4H3. The summed E-state index contributed by atoms with van der Waals surface area (Å²) in [6.07, 6.45) is 2.82. The van der Waals surface area contributed by atoms with E-state index in [4.69, 9.17) is 4.74 Å². The van der Waals surface area contributed by atoms with Crippen molar-refractivity contribution in [1.82, 2.24) is 4.90 Å². The zero-order valence-electron chi connectivity index (χ0n) is 11.0. The van der Waals surface area contributed by atoms with Crippen LogP contribution in [-0.2, 0) is 4.74 Å². The van der Waals surface area contributed by atoms with Crippen molar-refractivity contribution in [3.05, 3.63) is 0 Å². The minimum atomic E-state index is -0.0882. The molecule has 94 valence electrons. The van der Waals surface area contributed by atoms with Crippen molar-refractivity contribution in [2.24, 2.45) is 0 Å². The molecule has 0 aromatic rings. The Morgan fingerprint density at radius 2 is 1.69 bits per heavy atom. The maximum atomic E-state index is 9.54. The predicted octanol–water partition coefficient (Wildman–Crippen LogP) is 1.79. The van der Waals surface area contributed by atoms with Gasteiger partial charge in [-0.05, 0) is 47.0 Å². The minimum absolute atomic E-state index is 0.00969.